The molecule has 6 nitrogen and oxygen atoms in total. The molecule has 1 fully saturated rings. The molecule has 0 radical (unpaired) electrons. The van der Waals surface area contributed by atoms with Crippen molar-refractivity contribution in [3.63, 3.8) is 0 Å². The molecule has 1 aliphatic carbocycles. The molecule has 0 saturated heterocycles. The third-order valence-corrected chi connectivity index (χ3v) is 4.77. The molecule has 0 unspecified atom stereocenters. The minimum absolute atomic E-state index is 0.00582. The van der Waals surface area contributed by atoms with Gasteiger partial charge in [0.05, 0.1) is 6.04 Å². The van der Waals surface area contributed by atoms with E-state index in [0.29, 0.717) is 12.5 Å². The molecule has 0 aromatic carbocycles. The molecule has 0 bridgehead atoms. The summed E-state index contributed by atoms with van der Waals surface area (Å²) >= 11 is 0. The summed E-state index contributed by atoms with van der Waals surface area (Å²) in [7, 11) is 1.66. The van der Waals surface area contributed by atoms with Crippen molar-refractivity contribution in [2.75, 3.05) is 13.7 Å². The molecule has 1 aromatic rings. The van der Waals surface area contributed by atoms with E-state index < -0.39 is 0 Å². The maximum Gasteiger partial charge on any atom is 0.226 e. The molecule has 2 aliphatic rings. The number of amides is 1. The fourth-order valence-electron chi connectivity index (χ4n) is 3.56. The zero-order chi connectivity index (χ0) is 14.8. The number of hydrogen-bond donors (Lipinski definition) is 0. The first-order chi connectivity index (χ1) is 10.2. The Kier molecular flexibility index (Phi) is 4.24. The van der Waals surface area contributed by atoms with Crippen LogP contribution in [0.15, 0.2) is 0 Å². The van der Waals surface area contributed by atoms with Gasteiger partial charge in [-0.1, -0.05) is 19.3 Å². The normalized spacial score (nSPS) is 23.1. The number of aromatic nitrogens is 3. The van der Waals surface area contributed by atoms with Crippen LogP contribution < -0.4 is 0 Å². The van der Waals surface area contributed by atoms with Crippen molar-refractivity contribution in [1.29, 1.82) is 0 Å². The fraction of sp³-hybridized carbons (Fsp3) is 0.800. The van der Waals surface area contributed by atoms with Crippen molar-refractivity contribution >= 4 is 5.91 Å². The van der Waals surface area contributed by atoms with Gasteiger partial charge in [0.25, 0.3) is 0 Å². The van der Waals surface area contributed by atoms with E-state index >= 15 is 0 Å². The van der Waals surface area contributed by atoms with Gasteiger partial charge in [0.1, 0.15) is 6.61 Å². The average molecular weight is 292 g/mol. The van der Waals surface area contributed by atoms with E-state index in [2.05, 4.69) is 21.7 Å². The van der Waals surface area contributed by atoms with Crippen molar-refractivity contribution < 1.29 is 9.53 Å². The minimum atomic E-state index is 0.00582. The molecule has 1 aromatic heterocycles. The van der Waals surface area contributed by atoms with Crippen molar-refractivity contribution in [3.05, 3.63) is 11.6 Å². The topological polar surface area (TPSA) is 60.3 Å². The zero-order valence-electron chi connectivity index (χ0n) is 12.9. The second-order valence-electron chi connectivity index (χ2n) is 6.10. The Morgan fingerprint density at radius 3 is 2.71 bits per heavy atom. The lowest BCUT2D eigenvalue weighted by atomic mass is 9.88. The van der Waals surface area contributed by atoms with Gasteiger partial charge in [-0.3, -0.25) is 4.79 Å². The monoisotopic (exact) mass is 292 g/mol. The van der Waals surface area contributed by atoms with Crippen LogP contribution >= 0.6 is 0 Å². The first kappa shape index (κ1) is 14.5. The predicted molar refractivity (Wildman–Crippen MR) is 77.4 cm³/mol. The molecule has 0 N–H and O–H groups in total. The first-order valence-electron chi connectivity index (χ1n) is 7.93. The number of ether oxygens (including phenoxy) is 1. The van der Waals surface area contributed by atoms with Crippen molar-refractivity contribution in [3.8, 4) is 0 Å². The molecule has 1 saturated carbocycles. The molecule has 0 spiro atoms. The van der Waals surface area contributed by atoms with Gasteiger partial charge in [-0.15, -0.1) is 10.2 Å². The highest BCUT2D eigenvalue weighted by molar-refractivity contribution is 5.79. The van der Waals surface area contributed by atoms with Crippen LogP contribution in [0.1, 0.15) is 56.7 Å². The third kappa shape index (κ3) is 2.69. The molecule has 21 heavy (non-hydrogen) atoms. The SMILES string of the molecule is COCc1nnc2n1CCN(C(=O)C1CCCCC1)[C@@H]2C. The van der Waals surface area contributed by atoms with E-state index in [-0.39, 0.29) is 12.0 Å². The van der Waals surface area contributed by atoms with Gasteiger partial charge in [-0.2, -0.15) is 0 Å². The van der Waals surface area contributed by atoms with Crippen molar-refractivity contribution in [1.82, 2.24) is 19.7 Å². The van der Waals surface area contributed by atoms with Gasteiger partial charge >= 0.3 is 0 Å². The van der Waals surface area contributed by atoms with Crippen LogP contribution in [0.2, 0.25) is 0 Å². The number of methoxy groups -OCH3 is 1. The molecule has 3 rings (SSSR count). The summed E-state index contributed by atoms with van der Waals surface area (Å²) in [5.74, 6) is 2.26. The van der Waals surface area contributed by atoms with Gasteiger partial charge in [0, 0.05) is 26.1 Å². The van der Waals surface area contributed by atoms with Gasteiger partial charge < -0.3 is 14.2 Å². The summed E-state index contributed by atoms with van der Waals surface area (Å²) in [4.78, 5) is 14.7. The van der Waals surface area contributed by atoms with E-state index in [9.17, 15) is 4.79 Å². The van der Waals surface area contributed by atoms with Crippen LogP contribution in [0.25, 0.3) is 0 Å². The molecular formula is C15H24N4O2. The van der Waals surface area contributed by atoms with Gasteiger partial charge in [-0.25, -0.2) is 0 Å². The largest absolute Gasteiger partial charge is 0.377 e. The van der Waals surface area contributed by atoms with Crippen molar-refractivity contribution in [2.24, 2.45) is 5.92 Å². The van der Waals surface area contributed by atoms with E-state index in [0.717, 1.165) is 37.6 Å². The Balaban J connectivity index is 1.75. The predicted octanol–water partition coefficient (Wildman–Crippen LogP) is 1.91. The first-order valence-corrected chi connectivity index (χ1v) is 7.93. The van der Waals surface area contributed by atoms with Crippen LogP contribution in [0.3, 0.4) is 0 Å². The number of hydrogen-bond acceptors (Lipinski definition) is 4. The summed E-state index contributed by atoms with van der Waals surface area (Å²) < 4.78 is 7.25. The van der Waals surface area contributed by atoms with Gasteiger partial charge in [0.2, 0.25) is 5.91 Å². The summed E-state index contributed by atoms with van der Waals surface area (Å²) in [6.45, 7) is 4.04. The lowest BCUT2D eigenvalue weighted by Gasteiger charge is -2.36. The van der Waals surface area contributed by atoms with Crippen LogP contribution in [0, 0.1) is 5.92 Å². The quantitative estimate of drug-likeness (QED) is 0.854. The number of carbonyl (C=O) groups excluding carboxylic acids is 1. The molecule has 1 atom stereocenters. The van der Waals surface area contributed by atoms with E-state index in [4.69, 9.17) is 4.74 Å². The molecule has 2 heterocycles. The highest BCUT2D eigenvalue weighted by atomic mass is 16.5. The fourth-order valence-corrected chi connectivity index (χ4v) is 3.56. The Morgan fingerprint density at radius 1 is 1.24 bits per heavy atom. The maximum atomic E-state index is 12.7. The van der Waals surface area contributed by atoms with E-state index in [1.54, 1.807) is 7.11 Å². The lowest BCUT2D eigenvalue weighted by Crippen LogP contribution is -2.44. The Bertz CT molecular complexity index is 508. The molecule has 1 amide bonds. The minimum Gasteiger partial charge on any atom is -0.377 e. The zero-order valence-corrected chi connectivity index (χ0v) is 12.9. The molecular weight excluding hydrogens is 268 g/mol. The second kappa shape index (κ2) is 6.13. The summed E-state index contributed by atoms with van der Waals surface area (Å²) in [5.41, 5.74) is 0. The average Bonchev–Trinajstić information content (AvgIpc) is 2.92. The van der Waals surface area contributed by atoms with E-state index in [1.165, 1.54) is 19.3 Å². The second-order valence-corrected chi connectivity index (χ2v) is 6.10. The number of nitrogens with zero attached hydrogens (tertiary/aromatic N) is 4. The van der Waals surface area contributed by atoms with Crippen LogP contribution in [0.5, 0.6) is 0 Å². The number of fused-ring (bicyclic) bond motifs is 1. The highest BCUT2D eigenvalue weighted by Gasteiger charge is 2.34. The Morgan fingerprint density at radius 2 is 2.00 bits per heavy atom. The van der Waals surface area contributed by atoms with Crippen molar-refractivity contribution in [2.45, 2.75) is 58.2 Å². The Hall–Kier alpha value is -1.43. The number of rotatable bonds is 3. The Labute approximate surface area is 125 Å². The molecule has 1 aliphatic heterocycles. The van der Waals surface area contributed by atoms with Crippen LogP contribution in [-0.4, -0.2) is 39.2 Å². The summed E-state index contributed by atoms with van der Waals surface area (Å²) in [5, 5.41) is 8.47. The van der Waals surface area contributed by atoms with Gasteiger partial charge in [0.15, 0.2) is 11.6 Å². The highest BCUT2D eigenvalue weighted by Crippen LogP contribution is 2.31. The lowest BCUT2D eigenvalue weighted by molar-refractivity contribution is -0.140. The van der Waals surface area contributed by atoms with Crippen LogP contribution in [-0.2, 0) is 22.7 Å². The molecule has 6 heteroatoms. The van der Waals surface area contributed by atoms with Gasteiger partial charge in [-0.05, 0) is 19.8 Å². The van der Waals surface area contributed by atoms with Crippen LogP contribution in [0.4, 0.5) is 0 Å². The molecule has 116 valence electrons. The van der Waals surface area contributed by atoms with E-state index in [1.807, 2.05) is 4.90 Å². The number of carbonyl (C=O) groups is 1. The maximum absolute atomic E-state index is 12.7. The smallest absolute Gasteiger partial charge is 0.226 e. The summed E-state index contributed by atoms with van der Waals surface area (Å²) in [6, 6.07) is 0.00582. The summed E-state index contributed by atoms with van der Waals surface area (Å²) in [6.07, 6.45) is 5.74. The third-order valence-electron chi connectivity index (χ3n) is 4.77. The standard InChI is InChI=1S/C15H24N4O2/c1-11-14-17-16-13(10-21-2)19(14)9-8-18(11)15(20)12-6-4-3-5-7-12/h11-12H,3-10H2,1-2H3/t11-/m1/s1.